The van der Waals surface area contributed by atoms with Crippen molar-refractivity contribution in [2.24, 2.45) is 0 Å². The molecule has 0 spiro atoms. The van der Waals surface area contributed by atoms with Crippen molar-refractivity contribution >= 4 is 6.09 Å². The Labute approximate surface area is 98.1 Å². The molecule has 100 valence electrons. The number of hydrogen-bond acceptors (Lipinski definition) is 3. The number of rotatable bonds is 1. The molecule has 1 heterocycles. The Kier molecular flexibility index (Phi) is 3.91. The van der Waals surface area contributed by atoms with Gasteiger partial charge >= 0.3 is 12.3 Å². The fourth-order valence-corrected chi connectivity index (χ4v) is 1.66. The molecule has 7 heteroatoms. The maximum absolute atomic E-state index is 12.6. The maximum Gasteiger partial charge on any atom is 0.422 e. The van der Waals surface area contributed by atoms with Gasteiger partial charge in [0.2, 0.25) is 0 Å². The Morgan fingerprint density at radius 1 is 1.35 bits per heavy atom. The predicted molar refractivity (Wildman–Crippen MR) is 55.2 cm³/mol. The molecule has 0 aromatic rings. The number of alkyl halides is 3. The summed E-state index contributed by atoms with van der Waals surface area (Å²) in [6, 6.07) is -1.62. The van der Waals surface area contributed by atoms with Gasteiger partial charge in [-0.3, -0.25) is 5.43 Å². The van der Waals surface area contributed by atoms with E-state index < -0.39 is 23.9 Å². The van der Waals surface area contributed by atoms with Crippen LogP contribution >= 0.6 is 0 Å². The molecule has 1 unspecified atom stereocenters. The first-order valence-electron chi connectivity index (χ1n) is 5.42. The van der Waals surface area contributed by atoms with Crippen molar-refractivity contribution in [3.8, 4) is 0 Å². The van der Waals surface area contributed by atoms with Crippen molar-refractivity contribution in [3.63, 3.8) is 0 Å². The van der Waals surface area contributed by atoms with Crippen molar-refractivity contribution < 1.29 is 22.7 Å². The summed E-state index contributed by atoms with van der Waals surface area (Å²) in [6.45, 7) is 5.14. The van der Waals surface area contributed by atoms with E-state index in [-0.39, 0.29) is 13.0 Å². The molecule has 4 nitrogen and oxygen atoms in total. The average Bonchev–Trinajstić information content (AvgIpc) is 2.46. The Morgan fingerprint density at radius 3 is 2.41 bits per heavy atom. The molecule has 1 atom stereocenters. The van der Waals surface area contributed by atoms with E-state index in [2.05, 4.69) is 5.43 Å². The second-order valence-corrected chi connectivity index (χ2v) is 5.01. The Balaban J connectivity index is 2.54. The minimum Gasteiger partial charge on any atom is -0.443 e. The van der Waals surface area contributed by atoms with Crippen LogP contribution in [0.3, 0.4) is 0 Å². The zero-order valence-corrected chi connectivity index (χ0v) is 10.1. The highest BCUT2D eigenvalue weighted by molar-refractivity contribution is 5.67. The number of carbonyl (C=O) groups excluding carboxylic acids is 1. The van der Waals surface area contributed by atoms with Crippen molar-refractivity contribution in [3.05, 3.63) is 0 Å². The largest absolute Gasteiger partial charge is 0.443 e. The van der Waals surface area contributed by atoms with E-state index in [0.29, 0.717) is 6.42 Å². The molecule has 17 heavy (non-hydrogen) atoms. The van der Waals surface area contributed by atoms with Crippen LogP contribution in [0.25, 0.3) is 0 Å². The molecule has 1 rings (SSSR count). The Hall–Kier alpha value is -0.980. The van der Waals surface area contributed by atoms with E-state index in [9.17, 15) is 18.0 Å². The van der Waals surface area contributed by atoms with Crippen LogP contribution in [0.1, 0.15) is 33.6 Å². The third kappa shape index (κ3) is 4.41. The molecule has 1 fully saturated rings. The van der Waals surface area contributed by atoms with Crippen molar-refractivity contribution in [1.82, 2.24) is 10.4 Å². The lowest BCUT2D eigenvalue weighted by atomic mass is 10.2. The third-order valence-corrected chi connectivity index (χ3v) is 2.26. The van der Waals surface area contributed by atoms with Gasteiger partial charge in [0.25, 0.3) is 0 Å². The minimum absolute atomic E-state index is 0.000697. The van der Waals surface area contributed by atoms with Crippen LogP contribution in [0.15, 0.2) is 0 Å². The second-order valence-electron chi connectivity index (χ2n) is 5.01. The SMILES string of the molecule is CC(C)(C)OC(=O)NN1CCCC1C(F)(F)F. The summed E-state index contributed by atoms with van der Waals surface area (Å²) in [5.74, 6) is 0. The maximum atomic E-state index is 12.6. The molecule has 1 amide bonds. The molecule has 0 bridgehead atoms. The molecule has 0 aromatic heterocycles. The average molecular weight is 254 g/mol. The van der Waals surface area contributed by atoms with Gasteiger partial charge in [-0.25, -0.2) is 9.80 Å². The lowest BCUT2D eigenvalue weighted by Crippen LogP contribution is -2.51. The van der Waals surface area contributed by atoms with Gasteiger partial charge in [-0.1, -0.05) is 0 Å². The number of halogens is 3. The molecular formula is C10H17F3N2O2. The Morgan fingerprint density at radius 2 is 1.94 bits per heavy atom. The monoisotopic (exact) mass is 254 g/mol. The van der Waals surface area contributed by atoms with E-state index in [1.807, 2.05) is 0 Å². The standard InChI is InChI=1S/C10H17F3N2O2/c1-9(2,3)17-8(16)14-15-6-4-5-7(15)10(11,12)13/h7H,4-6H2,1-3H3,(H,14,16). The topological polar surface area (TPSA) is 41.6 Å². The summed E-state index contributed by atoms with van der Waals surface area (Å²) in [7, 11) is 0. The molecule has 0 radical (unpaired) electrons. The van der Waals surface area contributed by atoms with Crippen molar-refractivity contribution in [2.75, 3.05) is 6.54 Å². The van der Waals surface area contributed by atoms with Crippen LogP contribution in [0.2, 0.25) is 0 Å². The fraction of sp³-hybridized carbons (Fsp3) is 0.900. The first-order valence-corrected chi connectivity index (χ1v) is 5.42. The number of nitrogens with one attached hydrogen (secondary N) is 1. The lowest BCUT2D eigenvalue weighted by Gasteiger charge is -2.28. The van der Waals surface area contributed by atoms with Crippen LogP contribution in [-0.4, -0.2) is 35.5 Å². The molecule has 1 aliphatic rings. The summed E-state index contributed by atoms with van der Waals surface area (Å²) in [4.78, 5) is 11.3. The van der Waals surface area contributed by atoms with Crippen molar-refractivity contribution in [1.29, 1.82) is 0 Å². The molecule has 1 saturated heterocycles. The number of carbonyl (C=O) groups is 1. The van der Waals surface area contributed by atoms with Gasteiger partial charge < -0.3 is 4.74 Å². The molecule has 1 aliphatic heterocycles. The van der Waals surface area contributed by atoms with Gasteiger partial charge in [0, 0.05) is 6.54 Å². The van der Waals surface area contributed by atoms with E-state index in [0.717, 1.165) is 5.01 Å². The van der Waals surface area contributed by atoms with Crippen LogP contribution in [0, 0.1) is 0 Å². The quantitative estimate of drug-likeness (QED) is 0.781. The molecule has 0 aromatic carbocycles. The highest BCUT2D eigenvalue weighted by Crippen LogP contribution is 2.31. The Bertz CT molecular complexity index is 286. The second kappa shape index (κ2) is 4.72. The molecule has 0 aliphatic carbocycles. The number of nitrogens with zero attached hydrogens (tertiary/aromatic N) is 1. The number of hydrogen-bond donors (Lipinski definition) is 1. The minimum atomic E-state index is -4.33. The number of ether oxygens (including phenoxy) is 1. The molecular weight excluding hydrogens is 237 g/mol. The van der Waals surface area contributed by atoms with Crippen LogP contribution < -0.4 is 5.43 Å². The molecule has 1 N–H and O–H groups in total. The number of hydrazine groups is 1. The van der Waals surface area contributed by atoms with E-state index >= 15 is 0 Å². The summed E-state index contributed by atoms with van der Waals surface area (Å²) < 4.78 is 42.6. The van der Waals surface area contributed by atoms with Gasteiger partial charge in [0.15, 0.2) is 0 Å². The van der Waals surface area contributed by atoms with Gasteiger partial charge in [0.05, 0.1) is 0 Å². The van der Waals surface area contributed by atoms with E-state index in [1.165, 1.54) is 0 Å². The van der Waals surface area contributed by atoms with E-state index in [1.54, 1.807) is 20.8 Å². The summed E-state index contributed by atoms with van der Waals surface area (Å²) in [6.07, 6.45) is -4.78. The van der Waals surface area contributed by atoms with Gasteiger partial charge in [-0.2, -0.15) is 13.2 Å². The highest BCUT2D eigenvalue weighted by Gasteiger charge is 2.46. The lowest BCUT2D eigenvalue weighted by molar-refractivity contribution is -0.181. The normalized spacial score (nSPS) is 22.6. The van der Waals surface area contributed by atoms with Crippen LogP contribution in [0.4, 0.5) is 18.0 Å². The summed E-state index contributed by atoms with van der Waals surface area (Å²) in [5, 5.41) is 0.897. The zero-order valence-electron chi connectivity index (χ0n) is 10.1. The number of amides is 1. The smallest absolute Gasteiger partial charge is 0.422 e. The fourth-order valence-electron chi connectivity index (χ4n) is 1.66. The third-order valence-electron chi connectivity index (χ3n) is 2.26. The first-order chi connectivity index (χ1) is 7.59. The van der Waals surface area contributed by atoms with Gasteiger partial charge in [0.1, 0.15) is 11.6 Å². The van der Waals surface area contributed by atoms with Crippen LogP contribution in [0.5, 0.6) is 0 Å². The van der Waals surface area contributed by atoms with Crippen molar-refractivity contribution in [2.45, 2.75) is 51.4 Å². The summed E-state index contributed by atoms with van der Waals surface area (Å²) >= 11 is 0. The highest BCUT2D eigenvalue weighted by atomic mass is 19.4. The van der Waals surface area contributed by atoms with Crippen LogP contribution in [-0.2, 0) is 4.74 Å². The zero-order chi connectivity index (χ0) is 13.3. The van der Waals surface area contributed by atoms with Gasteiger partial charge in [-0.05, 0) is 33.6 Å². The molecule has 0 saturated carbocycles. The summed E-state index contributed by atoms with van der Waals surface area (Å²) in [5.41, 5.74) is 1.42. The van der Waals surface area contributed by atoms with E-state index in [4.69, 9.17) is 4.74 Å². The first kappa shape index (κ1) is 14.1. The predicted octanol–water partition coefficient (Wildman–Crippen LogP) is 2.45. The van der Waals surface area contributed by atoms with Gasteiger partial charge in [-0.15, -0.1) is 0 Å².